The van der Waals surface area contributed by atoms with Crippen LogP contribution in [0.3, 0.4) is 0 Å². The quantitative estimate of drug-likeness (QED) is 0.0280. The second-order valence-electron chi connectivity index (χ2n) is 28.5. The average molecular weight is 1210 g/mol. The Labute approximate surface area is 509 Å². The third kappa shape index (κ3) is 35.4. The summed E-state index contributed by atoms with van der Waals surface area (Å²) in [6.07, 6.45) is 1.58. The summed E-state index contributed by atoms with van der Waals surface area (Å²) in [5, 5.41) is 22.4. The van der Waals surface area contributed by atoms with Gasteiger partial charge in [0.25, 0.3) is 0 Å². The molecule has 0 saturated heterocycles. The Kier molecular flexibility index (Phi) is 37.6. The maximum absolute atomic E-state index is 13.4. The molecule has 0 aliphatic rings. The van der Waals surface area contributed by atoms with Crippen molar-refractivity contribution in [2.45, 2.75) is 242 Å². The topological polar surface area (TPSA) is 354 Å². The van der Waals surface area contributed by atoms with Crippen molar-refractivity contribution < 1.29 is 67.4 Å². The van der Waals surface area contributed by atoms with E-state index in [1.165, 1.54) is 0 Å². The van der Waals surface area contributed by atoms with E-state index in [0.29, 0.717) is 32.2 Å². The highest BCUT2D eigenvalue weighted by Crippen LogP contribution is 2.30. The van der Waals surface area contributed by atoms with Gasteiger partial charge in [-0.25, -0.2) is 9.59 Å². The number of urea groups is 2. The maximum atomic E-state index is 13.4. The van der Waals surface area contributed by atoms with Crippen molar-refractivity contribution in [3.8, 4) is 0 Å². The number of nitrogens with one attached hydrogen (secondary N) is 5. The van der Waals surface area contributed by atoms with Crippen LogP contribution in [-0.4, -0.2) is 113 Å². The lowest BCUT2D eigenvalue weighted by molar-refractivity contribution is -0.139. The molecule has 10 N–H and O–H groups in total. The summed E-state index contributed by atoms with van der Waals surface area (Å²) in [5.41, 5.74) is 7.74. The summed E-state index contributed by atoms with van der Waals surface area (Å²) in [4.78, 5) is 159. The number of carbonyl (C=O) groups excluding carboxylic acids is 12. The molecule has 0 unspecified atom stereocenters. The Morgan fingerprint density at radius 3 is 0.953 bits per heavy atom. The predicted octanol–water partition coefficient (Wildman–Crippen LogP) is 8.67. The van der Waals surface area contributed by atoms with Crippen LogP contribution in [0.25, 0.3) is 0 Å². The third-order valence-electron chi connectivity index (χ3n) is 14.2. The van der Waals surface area contributed by atoms with Crippen molar-refractivity contribution in [3.63, 3.8) is 0 Å². The molecule has 7 amide bonds. The number of aliphatic carboxylic acids is 1. The van der Waals surface area contributed by atoms with Gasteiger partial charge in [-0.15, -0.1) is 0 Å². The van der Waals surface area contributed by atoms with Gasteiger partial charge in [-0.05, 0) is 49.9 Å². The highest BCUT2D eigenvalue weighted by Gasteiger charge is 2.38. The van der Waals surface area contributed by atoms with Crippen LogP contribution in [0.15, 0.2) is 0 Å². The molecule has 7 atom stereocenters. The van der Waals surface area contributed by atoms with E-state index in [1.54, 1.807) is 90.0 Å². The maximum Gasteiger partial charge on any atom is 0.312 e. The first-order chi connectivity index (χ1) is 38.4. The Hall–Kier alpha value is -5.89. The first kappa shape index (κ1) is 83.3. The summed E-state index contributed by atoms with van der Waals surface area (Å²) in [6, 6.07) is -3.31. The molecule has 0 aliphatic carbocycles. The highest BCUT2D eigenvalue weighted by atomic mass is 16.4. The molecule has 490 valence electrons. The van der Waals surface area contributed by atoms with Gasteiger partial charge in [-0.3, -0.25) is 52.7 Å². The van der Waals surface area contributed by atoms with Crippen LogP contribution in [0.1, 0.15) is 223 Å². The van der Waals surface area contributed by atoms with Gasteiger partial charge >= 0.3 is 18.0 Å². The number of hydrogen-bond donors (Lipinski definition) is 8. The van der Waals surface area contributed by atoms with Crippen molar-refractivity contribution in [1.29, 1.82) is 0 Å². The SMILES string of the molecule is CC(C)C(=O)N[C@H](C(=O)C[C@@H](C)C(=O)C(C)(C)C)C(C)C.CC(C)C(=O)N[C@H](C(=O)C[C@@H](CCCNC(N)=O)C(=O)C(C)(C)C)C(C)C.CC(C)[C@H](NC(=O)[C@H](CCC(=O)O)CC(=O)C(C)(C)C)C(=O)C[C@@H](CCCNC(N)=O)C(=O)C(C)(C)C. The average Bonchev–Trinajstić information content (AvgIpc) is 3.57. The molecule has 0 aromatic rings. The molecule has 21 nitrogen and oxygen atoms in total. The zero-order valence-corrected chi connectivity index (χ0v) is 56.3. The second-order valence-corrected chi connectivity index (χ2v) is 28.5. The van der Waals surface area contributed by atoms with Crippen molar-refractivity contribution in [3.05, 3.63) is 0 Å². The molecule has 0 fully saturated rings. The first-order valence-electron chi connectivity index (χ1n) is 30.4. The zero-order valence-electron chi connectivity index (χ0n) is 56.3. The van der Waals surface area contributed by atoms with E-state index in [-0.39, 0.29) is 133 Å². The number of nitrogens with two attached hydrogens (primary N) is 2. The van der Waals surface area contributed by atoms with Gasteiger partial charge in [0.05, 0.1) is 18.1 Å². The minimum absolute atomic E-state index is 0.00705. The molecule has 0 aromatic heterocycles. The minimum Gasteiger partial charge on any atom is -0.481 e. The number of amides is 7. The van der Waals surface area contributed by atoms with Crippen LogP contribution in [-0.2, 0) is 52.7 Å². The van der Waals surface area contributed by atoms with E-state index in [2.05, 4.69) is 26.6 Å². The monoisotopic (exact) mass is 1210 g/mol. The van der Waals surface area contributed by atoms with E-state index in [4.69, 9.17) is 16.6 Å². The number of ketones is 7. The molecule has 0 aromatic carbocycles. The van der Waals surface area contributed by atoms with Gasteiger partial charge in [0.15, 0.2) is 17.3 Å². The first-order valence-corrected chi connectivity index (χ1v) is 30.4. The van der Waals surface area contributed by atoms with Crippen molar-refractivity contribution in [2.75, 3.05) is 13.1 Å². The fourth-order valence-corrected chi connectivity index (χ4v) is 8.92. The molecule has 0 radical (unpaired) electrons. The minimum atomic E-state index is -1.08. The number of primary amides is 2. The van der Waals surface area contributed by atoms with Gasteiger partial charge in [0, 0.05) is 102 Å². The summed E-state index contributed by atoms with van der Waals surface area (Å²) >= 11 is 0. The lowest BCUT2D eigenvalue weighted by Crippen LogP contribution is -2.48. The van der Waals surface area contributed by atoms with Gasteiger partial charge in [-0.2, -0.15) is 0 Å². The van der Waals surface area contributed by atoms with Crippen molar-refractivity contribution >= 4 is 76.2 Å². The summed E-state index contributed by atoms with van der Waals surface area (Å²) in [5.74, 6) is -5.62. The van der Waals surface area contributed by atoms with Gasteiger partial charge in [0.1, 0.15) is 23.1 Å². The normalized spacial score (nSPS) is 14.4. The highest BCUT2D eigenvalue weighted by molar-refractivity contribution is 5.97. The molecular weight excluding hydrogens is 1090 g/mol. The van der Waals surface area contributed by atoms with Crippen molar-refractivity contribution in [1.82, 2.24) is 26.6 Å². The third-order valence-corrected chi connectivity index (χ3v) is 14.2. The summed E-state index contributed by atoms with van der Waals surface area (Å²) in [7, 11) is 0. The summed E-state index contributed by atoms with van der Waals surface area (Å²) < 4.78 is 0. The van der Waals surface area contributed by atoms with Crippen LogP contribution in [0.4, 0.5) is 9.59 Å². The van der Waals surface area contributed by atoms with Crippen LogP contribution >= 0.6 is 0 Å². The molecule has 0 bridgehead atoms. The number of carboxylic acids is 1. The number of hydrogen-bond acceptors (Lipinski definition) is 13. The lowest BCUT2D eigenvalue weighted by Gasteiger charge is -2.28. The van der Waals surface area contributed by atoms with Crippen LogP contribution in [0.5, 0.6) is 0 Å². The smallest absolute Gasteiger partial charge is 0.312 e. The zero-order chi connectivity index (χ0) is 67.5. The van der Waals surface area contributed by atoms with Gasteiger partial charge in [-0.1, -0.05) is 159 Å². The van der Waals surface area contributed by atoms with Crippen LogP contribution < -0.4 is 38.1 Å². The molecule has 0 spiro atoms. The van der Waals surface area contributed by atoms with Gasteiger partial charge in [0.2, 0.25) is 17.7 Å². The molecule has 0 aliphatic heterocycles. The largest absolute Gasteiger partial charge is 0.481 e. The van der Waals surface area contributed by atoms with Crippen LogP contribution in [0, 0.1) is 74.9 Å². The van der Waals surface area contributed by atoms with Crippen molar-refractivity contribution in [2.24, 2.45) is 86.4 Å². The predicted molar refractivity (Wildman–Crippen MR) is 331 cm³/mol. The van der Waals surface area contributed by atoms with E-state index in [9.17, 15) is 62.3 Å². The van der Waals surface area contributed by atoms with Gasteiger partial charge < -0.3 is 43.2 Å². The Bertz CT molecular complexity index is 2240. The van der Waals surface area contributed by atoms with E-state index < -0.39 is 81.5 Å². The molecule has 0 heterocycles. The Morgan fingerprint density at radius 2 is 0.694 bits per heavy atom. The lowest BCUT2D eigenvalue weighted by atomic mass is 9.77. The van der Waals surface area contributed by atoms with E-state index >= 15 is 0 Å². The van der Waals surface area contributed by atoms with E-state index in [0.717, 1.165) is 0 Å². The molecule has 0 saturated carbocycles. The number of rotatable bonds is 34. The van der Waals surface area contributed by atoms with E-state index in [1.807, 2.05) is 69.2 Å². The summed E-state index contributed by atoms with van der Waals surface area (Å²) in [6.45, 7) is 42.2. The number of carbonyl (C=O) groups is 13. The standard InChI is InChI=1S/C27H47N3O7.C20H37N3O4.C17H31NO3/c1-16(2)22(30-24(36)18(11-12-21(33)34)15-20(32)26(3,4)5)19(31)14-17(23(35)27(6,7)8)10-9-13-29-25(28)37;1-12(2)16(23-18(26)13(3)4)15(24)11-14(17(25)20(5,6)7)9-8-10-22-19(21)27;1-10(2)14(18-16(21)11(3)4)13(19)9-12(5)15(20)17(6,7)8/h16-18,22H,9-15H2,1-8H3,(H,30,36)(H,33,34)(H3,28,29,37);12-14,16H,8-11H2,1-7H3,(H,23,26)(H3,21,22,27);10-12,14H,9H2,1-8H3,(H,18,21)/t17-,18-,22+;14-,16+;12-,14+/m111/s1. The van der Waals surface area contributed by atoms with Crippen LogP contribution in [0.2, 0.25) is 0 Å². The number of carboxylic acid groups (broad SMARTS) is 1. The fourth-order valence-electron chi connectivity index (χ4n) is 8.92. The number of Topliss-reactive ketones (excluding diaryl/α,β-unsaturated/α-hetero) is 7. The Morgan fingerprint density at radius 1 is 0.388 bits per heavy atom. The molecule has 21 heteroatoms. The Balaban J connectivity index is -0.00000124. The molecular formula is C64H115N7O14. The molecule has 0 rings (SSSR count). The molecule has 85 heavy (non-hydrogen) atoms. The second kappa shape index (κ2) is 38.3. The fraction of sp³-hybridized carbons (Fsp3) is 0.797.